The van der Waals surface area contributed by atoms with Crippen LogP contribution in [0.15, 0.2) is 67.3 Å². The Bertz CT molecular complexity index is 918. The fraction of sp³-hybridized carbons (Fsp3) is 0.238. The second-order valence-electron chi connectivity index (χ2n) is 6.65. The van der Waals surface area contributed by atoms with Crippen molar-refractivity contribution in [1.29, 1.82) is 0 Å². The van der Waals surface area contributed by atoms with Crippen molar-refractivity contribution in [2.45, 2.75) is 12.6 Å². The molecule has 1 fully saturated rings. The molecule has 0 saturated carbocycles. The number of rotatable bonds is 5. The third-order valence-corrected chi connectivity index (χ3v) is 4.76. The molecule has 142 valence electrons. The molecule has 1 aliphatic heterocycles. The van der Waals surface area contributed by atoms with E-state index in [2.05, 4.69) is 54.8 Å². The summed E-state index contributed by atoms with van der Waals surface area (Å²) in [4.78, 5) is 27.4. The first-order valence-electron chi connectivity index (χ1n) is 9.32. The highest BCUT2D eigenvalue weighted by Gasteiger charge is 2.22. The minimum absolute atomic E-state index is 0.149. The van der Waals surface area contributed by atoms with Gasteiger partial charge in [0.25, 0.3) is 5.91 Å². The van der Waals surface area contributed by atoms with Crippen LogP contribution in [-0.2, 0) is 6.54 Å². The molecule has 3 heterocycles. The second-order valence-corrected chi connectivity index (χ2v) is 6.65. The van der Waals surface area contributed by atoms with Crippen LogP contribution < -0.4 is 15.5 Å². The number of piperazine rings is 1. The smallest absolute Gasteiger partial charge is 0.251 e. The molecule has 2 aromatic heterocycles. The number of nitrogens with one attached hydrogen (secondary N) is 2. The zero-order valence-corrected chi connectivity index (χ0v) is 15.5. The van der Waals surface area contributed by atoms with Gasteiger partial charge in [-0.1, -0.05) is 30.3 Å². The molecule has 4 rings (SSSR count). The summed E-state index contributed by atoms with van der Waals surface area (Å²) in [6.07, 6.45) is 6.55. The number of carbonyl (C=O) groups excluding carboxylic acids is 1. The van der Waals surface area contributed by atoms with Gasteiger partial charge in [0.15, 0.2) is 0 Å². The van der Waals surface area contributed by atoms with Crippen molar-refractivity contribution in [2.24, 2.45) is 0 Å². The molecule has 1 aliphatic rings. The Morgan fingerprint density at radius 2 is 2.04 bits per heavy atom. The lowest BCUT2D eigenvalue weighted by molar-refractivity contribution is 0.0950. The summed E-state index contributed by atoms with van der Waals surface area (Å²) in [5, 5.41) is 6.43. The van der Waals surface area contributed by atoms with Crippen LogP contribution in [0.25, 0.3) is 0 Å². The normalized spacial score (nSPS) is 16.6. The summed E-state index contributed by atoms with van der Waals surface area (Å²) >= 11 is 0. The predicted molar refractivity (Wildman–Crippen MR) is 107 cm³/mol. The summed E-state index contributed by atoms with van der Waals surface area (Å²) in [6.45, 7) is 2.86. The van der Waals surface area contributed by atoms with Gasteiger partial charge in [-0.2, -0.15) is 0 Å². The molecule has 1 atom stereocenters. The van der Waals surface area contributed by atoms with Crippen LogP contribution in [0.2, 0.25) is 0 Å². The zero-order chi connectivity index (χ0) is 19.2. The summed E-state index contributed by atoms with van der Waals surface area (Å²) in [5.41, 5.74) is 2.56. The maximum absolute atomic E-state index is 12.5. The highest BCUT2D eigenvalue weighted by atomic mass is 16.1. The number of anilines is 1. The highest BCUT2D eigenvalue weighted by molar-refractivity contribution is 5.94. The van der Waals surface area contributed by atoms with Crippen molar-refractivity contribution in [3.8, 4) is 0 Å². The van der Waals surface area contributed by atoms with E-state index in [-0.39, 0.29) is 11.9 Å². The fourth-order valence-electron chi connectivity index (χ4n) is 3.29. The van der Waals surface area contributed by atoms with Crippen LogP contribution in [-0.4, -0.2) is 40.5 Å². The van der Waals surface area contributed by atoms with Gasteiger partial charge < -0.3 is 15.5 Å². The lowest BCUT2D eigenvalue weighted by Gasteiger charge is -2.34. The standard InChI is InChI=1S/C21H22N6O/c28-21(26-14-18-13-22-8-9-23-18)17-6-7-25-20(12-17)27-11-10-24-19(15-27)16-4-2-1-3-5-16/h1-9,12-13,19,24H,10-11,14-15H2,(H,26,28). The lowest BCUT2D eigenvalue weighted by Crippen LogP contribution is -2.46. The molecule has 28 heavy (non-hydrogen) atoms. The van der Waals surface area contributed by atoms with Crippen LogP contribution >= 0.6 is 0 Å². The number of benzene rings is 1. The van der Waals surface area contributed by atoms with E-state index in [0.717, 1.165) is 31.1 Å². The SMILES string of the molecule is O=C(NCc1cnccn1)c1ccnc(N2CCNC(c3ccccc3)C2)c1. The number of hydrogen-bond acceptors (Lipinski definition) is 6. The Labute approximate surface area is 163 Å². The lowest BCUT2D eigenvalue weighted by atomic mass is 10.0. The third-order valence-electron chi connectivity index (χ3n) is 4.76. The zero-order valence-electron chi connectivity index (χ0n) is 15.5. The molecule has 7 heteroatoms. The third kappa shape index (κ3) is 4.32. The van der Waals surface area contributed by atoms with Gasteiger partial charge in [-0.3, -0.25) is 14.8 Å². The molecule has 1 saturated heterocycles. The van der Waals surface area contributed by atoms with E-state index in [4.69, 9.17) is 0 Å². The molecule has 1 amide bonds. The van der Waals surface area contributed by atoms with E-state index in [1.54, 1.807) is 30.9 Å². The van der Waals surface area contributed by atoms with Crippen molar-refractivity contribution < 1.29 is 4.79 Å². The molecule has 0 aliphatic carbocycles. The molecular weight excluding hydrogens is 352 g/mol. The van der Waals surface area contributed by atoms with E-state index < -0.39 is 0 Å². The second kappa shape index (κ2) is 8.58. The van der Waals surface area contributed by atoms with Gasteiger partial charge in [0.1, 0.15) is 5.82 Å². The van der Waals surface area contributed by atoms with E-state index in [0.29, 0.717) is 12.1 Å². The minimum Gasteiger partial charge on any atom is -0.353 e. The Kier molecular flexibility index (Phi) is 5.53. The average Bonchev–Trinajstić information content (AvgIpc) is 2.79. The number of amides is 1. The predicted octanol–water partition coefficient (Wildman–Crippen LogP) is 1.95. The molecule has 1 unspecified atom stereocenters. The van der Waals surface area contributed by atoms with Gasteiger partial charge in [-0.05, 0) is 17.7 Å². The van der Waals surface area contributed by atoms with E-state index in [9.17, 15) is 4.79 Å². The van der Waals surface area contributed by atoms with E-state index >= 15 is 0 Å². The number of carbonyl (C=O) groups is 1. The van der Waals surface area contributed by atoms with Crippen molar-refractivity contribution in [2.75, 3.05) is 24.5 Å². The highest BCUT2D eigenvalue weighted by Crippen LogP contribution is 2.21. The fourth-order valence-corrected chi connectivity index (χ4v) is 3.29. The quantitative estimate of drug-likeness (QED) is 0.710. The van der Waals surface area contributed by atoms with Gasteiger partial charge in [0, 0.05) is 49.8 Å². The van der Waals surface area contributed by atoms with Crippen molar-refractivity contribution >= 4 is 11.7 Å². The largest absolute Gasteiger partial charge is 0.353 e. The number of hydrogen-bond donors (Lipinski definition) is 2. The minimum atomic E-state index is -0.149. The van der Waals surface area contributed by atoms with E-state index in [1.165, 1.54) is 5.56 Å². The molecule has 3 aromatic rings. The maximum atomic E-state index is 12.5. The van der Waals surface area contributed by atoms with Crippen molar-refractivity contribution in [3.63, 3.8) is 0 Å². The molecule has 1 aromatic carbocycles. The van der Waals surface area contributed by atoms with E-state index in [1.807, 2.05) is 12.1 Å². The van der Waals surface area contributed by atoms with Gasteiger partial charge in [0.2, 0.25) is 0 Å². The van der Waals surface area contributed by atoms with Crippen LogP contribution in [0, 0.1) is 0 Å². The summed E-state index contributed by atoms with van der Waals surface area (Å²) in [5.74, 6) is 0.665. The first kappa shape index (κ1) is 18.1. The van der Waals surface area contributed by atoms with Gasteiger partial charge >= 0.3 is 0 Å². The van der Waals surface area contributed by atoms with Crippen LogP contribution in [0.3, 0.4) is 0 Å². The molecule has 0 bridgehead atoms. The molecule has 0 radical (unpaired) electrons. The molecule has 7 nitrogen and oxygen atoms in total. The monoisotopic (exact) mass is 374 g/mol. The van der Waals surface area contributed by atoms with Gasteiger partial charge in [0.05, 0.1) is 18.4 Å². The Morgan fingerprint density at radius 3 is 2.86 bits per heavy atom. The topological polar surface area (TPSA) is 83.0 Å². The first-order chi connectivity index (χ1) is 13.8. The Hall–Kier alpha value is -3.32. The summed E-state index contributed by atoms with van der Waals surface area (Å²) in [6, 6.07) is 14.2. The van der Waals surface area contributed by atoms with Gasteiger partial charge in [-0.15, -0.1) is 0 Å². The average molecular weight is 374 g/mol. The molecule has 2 N–H and O–H groups in total. The maximum Gasteiger partial charge on any atom is 0.251 e. The number of nitrogens with zero attached hydrogens (tertiary/aromatic N) is 4. The van der Waals surface area contributed by atoms with Crippen LogP contribution in [0.4, 0.5) is 5.82 Å². The Balaban J connectivity index is 1.43. The molecule has 0 spiro atoms. The van der Waals surface area contributed by atoms with Crippen molar-refractivity contribution in [3.05, 3.63) is 84.1 Å². The molecular formula is C21H22N6O. The van der Waals surface area contributed by atoms with Crippen LogP contribution in [0.1, 0.15) is 27.7 Å². The summed E-state index contributed by atoms with van der Waals surface area (Å²) in [7, 11) is 0. The Morgan fingerprint density at radius 1 is 1.14 bits per heavy atom. The number of pyridine rings is 1. The van der Waals surface area contributed by atoms with Gasteiger partial charge in [-0.25, -0.2) is 4.98 Å². The summed E-state index contributed by atoms with van der Waals surface area (Å²) < 4.78 is 0. The van der Waals surface area contributed by atoms with Crippen LogP contribution in [0.5, 0.6) is 0 Å². The van der Waals surface area contributed by atoms with Crippen molar-refractivity contribution in [1.82, 2.24) is 25.6 Å². The number of aromatic nitrogens is 3. The first-order valence-corrected chi connectivity index (χ1v) is 9.32.